The van der Waals surface area contributed by atoms with Crippen LogP contribution in [-0.2, 0) is 0 Å². The third-order valence-electron chi connectivity index (χ3n) is 6.09. The molecule has 5 rings (SSSR count). The van der Waals surface area contributed by atoms with Crippen LogP contribution in [0, 0.1) is 29.6 Å². The lowest BCUT2D eigenvalue weighted by Gasteiger charge is -2.22. The van der Waals surface area contributed by atoms with Crippen LogP contribution in [0.3, 0.4) is 0 Å². The van der Waals surface area contributed by atoms with E-state index in [0.717, 1.165) is 39.6 Å². The van der Waals surface area contributed by atoms with E-state index in [-0.39, 0.29) is 5.38 Å². The molecular formula is C17H18BrClO2. The van der Waals surface area contributed by atoms with E-state index >= 15 is 0 Å². The van der Waals surface area contributed by atoms with Crippen molar-refractivity contribution in [3.63, 3.8) is 0 Å². The average molecular weight is 370 g/mol. The quantitative estimate of drug-likeness (QED) is 0.698. The molecule has 1 heterocycles. The maximum atomic E-state index is 6.89. The summed E-state index contributed by atoms with van der Waals surface area (Å²) in [5, 5.41) is 0.105. The molecule has 3 saturated carbocycles. The number of rotatable bonds is 2. The van der Waals surface area contributed by atoms with Gasteiger partial charge in [-0.1, -0.05) is 15.9 Å². The summed E-state index contributed by atoms with van der Waals surface area (Å²) in [7, 11) is 0. The van der Waals surface area contributed by atoms with Crippen molar-refractivity contribution in [2.45, 2.75) is 24.6 Å². The smallest absolute Gasteiger partial charge is 0.162 e. The van der Waals surface area contributed by atoms with Gasteiger partial charge in [0.2, 0.25) is 0 Å². The number of fused-ring (bicyclic) bond motifs is 6. The van der Waals surface area contributed by atoms with Gasteiger partial charge in [-0.25, -0.2) is 0 Å². The molecule has 4 heteroatoms. The number of ether oxygens (including phenoxy) is 2. The molecule has 112 valence electrons. The van der Waals surface area contributed by atoms with Gasteiger partial charge in [0.15, 0.2) is 11.5 Å². The van der Waals surface area contributed by atoms with Crippen LogP contribution >= 0.6 is 27.5 Å². The van der Waals surface area contributed by atoms with Crippen LogP contribution in [0.25, 0.3) is 0 Å². The van der Waals surface area contributed by atoms with E-state index in [2.05, 4.69) is 22.0 Å². The molecule has 2 bridgehead atoms. The zero-order chi connectivity index (χ0) is 14.1. The molecule has 0 amide bonds. The van der Waals surface area contributed by atoms with Gasteiger partial charge in [-0.2, -0.15) is 0 Å². The van der Waals surface area contributed by atoms with Gasteiger partial charge in [0.1, 0.15) is 13.2 Å². The van der Waals surface area contributed by atoms with E-state index in [1.54, 1.807) is 0 Å². The average Bonchev–Trinajstić information content (AvgIpc) is 2.93. The van der Waals surface area contributed by atoms with Crippen LogP contribution < -0.4 is 9.47 Å². The summed E-state index contributed by atoms with van der Waals surface area (Å²) in [4.78, 5) is 0. The summed E-state index contributed by atoms with van der Waals surface area (Å²) in [6.07, 6.45) is 4.35. The Morgan fingerprint density at radius 1 is 1.05 bits per heavy atom. The summed E-state index contributed by atoms with van der Waals surface area (Å²) in [5.74, 6) is 6.06. The van der Waals surface area contributed by atoms with Crippen molar-refractivity contribution < 1.29 is 9.47 Å². The van der Waals surface area contributed by atoms with Gasteiger partial charge in [-0.3, -0.25) is 0 Å². The van der Waals surface area contributed by atoms with Crippen LogP contribution in [-0.4, -0.2) is 13.2 Å². The predicted octanol–water partition coefficient (Wildman–Crippen LogP) is 4.79. The van der Waals surface area contributed by atoms with Crippen molar-refractivity contribution in [2.24, 2.45) is 29.6 Å². The molecule has 5 unspecified atom stereocenters. The number of alkyl halides is 1. The Kier molecular flexibility index (Phi) is 2.83. The predicted molar refractivity (Wildman–Crippen MR) is 85.0 cm³/mol. The molecule has 0 N–H and O–H groups in total. The Morgan fingerprint density at radius 3 is 2.33 bits per heavy atom. The molecule has 3 fully saturated rings. The highest BCUT2D eigenvalue weighted by Gasteiger charge is 2.66. The van der Waals surface area contributed by atoms with E-state index in [1.807, 2.05) is 6.07 Å². The number of benzene rings is 1. The molecule has 1 aromatic carbocycles. The fourth-order valence-electron chi connectivity index (χ4n) is 5.28. The van der Waals surface area contributed by atoms with Gasteiger partial charge in [-0.05, 0) is 66.5 Å². The van der Waals surface area contributed by atoms with Crippen molar-refractivity contribution in [1.82, 2.24) is 0 Å². The minimum Gasteiger partial charge on any atom is -0.486 e. The molecule has 0 aromatic heterocycles. The Labute approximate surface area is 138 Å². The topological polar surface area (TPSA) is 18.5 Å². The van der Waals surface area contributed by atoms with E-state index in [0.29, 0.717) is 19.1 Å². The molecular weight excluding hydrogens is 352 g/mol. The minimum atomic E-state index is 0.105. The molecule has 5 atom stereocenters. The second-order valence-electron chi connectivity index (χ2n) is 6.98. The van der Waals surface area contributed by atoms with Crippen LogP contribution in [0.5, 0.6) is 11.5 Å². The maximum Gasteiger partial charge on any atom is 0.162 e. The molecule has 3 aliphatic carbocycles. The molecule has 4 aliphatic rings. The molecule has 0 spiro atoms. The van der Waals surface area contributed by atoms with Gasteiger partial charge >= 0.3 is 0 Å². The first-order chi connectivity index (χ1) is 10.2. The van der Waals surface area contributed by atoms with Crippen molar-refractivity contribution in [2.75, 3.05) is 13.2 Å². The third-order valence-corrected chi connectivity index (χ3v) is 7.30. The molecule has 21 heavy (non-hydrogen) atoms. The Hall–Kier alpha value is -0.410. The lowest BCUT2D eigenvalue weighted by atomic mass is 9.96. The number of hydrogen-bond acceptors (Lipinski definition) is 2. The highest BCUT2D eigenvalue weighted by Crippen LogP contribution is 2.73. The second kappa shape index (κ2) is 4.55. The summed E-state index contributed by atoms with van der Waals surface area (Å²) in [6, 6.07) is 4.11. The monoisotopic (exact) mass is 368 g/mol. The first-order valence-corrected chi connectivity index (χ1v) is 9.20. The van der Waals surface area contributed by atoms with Crippen molar-refractivity contribution >= 4 is 27.5 Å². The molecule has 2 nitrogen and oxygen atoms in total. The Balaban J connectivity index is 1.45. The zero-order valence-electron chi connectivity index (χ0n) is 11.7. The van der Waals surface area contributed by atoms with Gasteiger partial charge < -0.3 is 9.47 Å². The van der Waals surface area contributed by atoms with E-state index in [9.17, 15) is 0 Å². The van der Waals surface area contributed by atoms with Crippen molar-refractivity contribution in [3.8, 4) is 11.5 Å². The van der Waals surface area contributed by atoms with Crippen LogP contribution in [0.15, 0.2) is 16.6 Å². The van der Waals surface area contributed by atoms with Gasteiger partial charge in [-0.15, -0.1) is 11.6 Å². The highest BCUT2D eigenvalue weighted by atomic mass is 79.9. The SMILES string of the molecule is ClC(c1cc2c(cc1Br)OCCO2)C1C2C3CCC(C3)C21. The first-order valence-electron chi connectivity index (χ1n) is 7.97. The Bertz CT molecular complexity index is 589. The highest BCUT2D eigenvalue weighted by molar-refractivity contribution is 9.10. The van der Waals surface area contributed by atoms with Gasteiger partial charge in [0, 0.05) is 4.47 Å². The fourth-order valence-corrected chi connectivity index (χ4v) is 6.50. The lowest BCUT2D eigenvalue weighted by Crippen LogP contribution is -2.16. The van der Waals surface area contributed by atoms with Gasteiger partial charge in [0.25, 0.3) is 0 Å². The molecule has 0 saturated heterocycles. The minimum absolute atomic E-state index is 0.105. The van der Waals surface area contributed by atoms with Crippen LogP contribution in [0.2, 0.25) is 0 Å². The van der Waals surface area contributed by atoms with Gasteiger partial charge in [0.05, 0.1) is 5.38 Å². The summed E-state index contributed by atoms with van der Waals surface area (Å²) in [6.45, 7) is 1.25. The van der Waals surface area contributed by atoms with E-state index < -0.39 is 0 Å². The largest absolute Gasteiger partial charge is 0.486 e. The van der Waals surface area contributed by atoms with E-state index in [1.165, 1.54) is 24.8 Å². The van der Waals surface area contributed by atoms with Crippen molar-refractivity contribution in [3.05, 3.63) is 22.2 Å². The van der Waals surface area contributed by atoms with Crippen LogP contribution in [0.4, 0.5) is 0 Å². The second-order valence-corrected chi connectivity index (χ2v) is 8.31. The van der Waals surface area contributed by atoms with Crippen LogP contribution in [0.1, 0.15) is 30.2 Å². The fraction of sp³-hybridized carbons (Fsp3) is 0.647. The summed E-state index contributed by atoms with van der Waals surface area (Å²) in [5.41, 5.74) is 1.18. The number of halogens is 2. The summed E-state index contributed by atoms with van der Waals surface area (Å²) < 4.78 is 12.4. The third kappa shape index (κ3) is 1.83. The zero-order valence-corrected chi connectivity index (χ0v) is 14.1. The number of hydrogen-bond donors (Lipinski definition) is 0. The maximum absolute atomic E-state index is 6.89. The first kappa shape index (κ1) is 13.1. The molecule has 1 aliphatic heterocycles. The van der Waals surface area contributed by atoms with E-state index in [4.69, 9.17) is 21.1 Å². The summed E-state index contributed by atoms with van der Waals surface area (Å²) >= 11 is 10.6. The Morgan fingerprint density at radius 2 is 1.67 bits per heavy atom. The normalized spacial score (nSPS) is 40.0. The lowest BCUT2D eigenvalue weighted by molar-refractivity contribution is 0.171. The molecule has 1 aromatic rings. The molecule has 0 radical (unpaired) electrons. The van der Waals surface area contributed by atoms with Crippen molar-refractivity contribution in [1.29, 1.82) is 0 Å². The standard InChI is InChI=1S/C17H18BrClO2/c18-11-7-13-12(20-3-4-21-13)6-10(11)17(19)16-14-8-1-2-9(5-8)15(14)16/h6-9,14-17H,1-5H2.